The molecule has 102 valence electrons. The zero-order valence-corrected chi connectivity index (χ0v) is 12.0. The Morgan fingerprint density at radius 3 is 2.39 bits per heavy atom. The molecule has 2 amide bonds. The molecule has 0 saturated carbocycles. The van der Waals surface area contributed by atoms with E-state index in [1.54, 1.807) is 11.0 Å². The molecule has 0 aliphatic carbocycles. The highest BCUT2D eigenvalue weighted by molar-refractivity contribution is 6.00. The lowest BCUT2D eigenvalue weighted by molar-refractivity contribution is -0.158. The fourth-order valence-corrected chi connectivity index (χ4v) is 2.23. The van der Waals surface area contributed by atoms with Crippen molar-refractivity contribution in [3.63, 3.8) is 0 Å². The third-order valence-corrected chi connectivity index (χ3v) is 3.74. The Labute approximate surface area is 109 Å². The molecular weight excluding hydrogens is 228 g/mol. The van der Waals surface area contributed by atoms with Gasteiger partial charge in [0.25, 0.3) is 0 Å². The van der Waals surface area contributed by atoms with Gasteiger partial charge < -0.3 is 10.2 Å². The predicted molar refractivity (Wildman–Crippen MR) is 72.0 cm³/mol. The fourth-order valence-electron chi connectivity index (χ4n) is 2.23. The molecule has 4 heteroatoms. The summed E-state index contributed by atoms with van der Waals surface area (Å²) in [6, 6.07) is -0.468. The van der Waals surface area contributed by atoms with Crippen LogP contribution in [-0.4, -0.2) is 34.8 Å². The van der Waals surface area contributed by atoms with Gasteiger partial charge in [-0.05, 0) is 18.8 Å². The van der Waals surface area contributed by atoms with Gasteiger partial charge in [-0.3, -0.25) is 9.59 Å². The van der Waals surface area contributed by atoms with Crippen LogP contribution in [0, 0.1) is 5.41 Å². The summed E-state index contributed by atoms with van der Waals surface area (Å²) in [5.41, 5.74) is -1.06. The summed E-state index contributed by atoms with van der Waals surface area (Å²) in [5.74, 6) is -0.0993. The van der Waals surface area contributed by atoms with Crippen molar-refractivity contribution in [2.24, 2.45) is 5.41 Å². The molecule has 0 aromatic heterocycles. The molecule has 0 radical (unpaired) electrons. The molecule has 0 spiro atoms. The normalized spacial score (nSPS) is 29.2. The minimum atomic E-state index is -0.771. The molecule has 2 unspecified atom stereocenters. The predicted octanol–water partition coefficient (Wildman–Crippen LogP) is 1.71. The third kappa shape index (κ3) is 2.28. The Bertz CT molecular complexity index is 370. The van der Waals surface area contributed by atoms with E-state index in [0.29, 0.717) is 13.0 Å². The van der Waals surface area contributed by atoms with Crippen LogP contribution in [0.3, 0.4) is 0 Å². The molecule has 1 aliphatic heterocycles. The SMILES string of the molecule is C=CCN1C(=O)C(C(C)(C)C)NC(=O)C1(C)CC. The summed E-state index contributed by atoms with van der Waals surface area (Å²) in [6.45, 7) is 13.7. The van der Waals surface area contributed by atoms with Crippen LogP contribution in [-0.2, 0) is 9.59 Å². The van der Waals surface area contributed by atoms with Crippen molar-refractivity contribution in [1.29, 1.82) is 0 Å². The second-order valence-corrected chi connectivity index (χ2v) is 6.14. The number of hydrogen-bond donors (Lipinski definition) is 1. The number of rotatable bonds is 3. The lowest BCUT2D eigenvalue weighted by Crippen LogP contribution is -2.71. The molecule has 4 nitrogen and oxygen atoms in total. The number of nitrogens with zero attached hydrogens (tertiary/aromatic N) is 1. The first-order chi connectivity index (χ1) is 8.18. The van der Waals surface area contributed by atoms with Crippen LogP contribution in [0.4, 0.5) is 0 Å². The highest BCUT2D eigenvalue weighted by Crippen LogP contribution is 2.31. The molecule has 1 aliphatic rings. The Morgan fingerprint density at radius 2 is 2.00 bits per heavy atom. The summed E-state index contributed by atoms with van der Waals surface area (Å²) in [6.07, 6.45) is 2.26. The van der Waals surface area contributed by atoms with Gasteiger partial charge in [0.15, 0.2) is 0 Å². The van der Waals surface area contributed by atoms with Crippen LogP contribution in [0.2, 0.25) is 0 Å². The van der Waals surface area contributed by atoms with Gasteiger partial charge in [0.05, 0.1) is 0 Å². The smallest absolute Gasteiger partial charge is 0.246 e. The Morgan fingerprint density at radius 1 is 1.44 bits per heavy atom. The summed E-state index contributed by atoms with van der Waals surface area (Å²) >= 11 is 0. The number of nitrogens with one attached hydrogen (secondary N) is 1. The third-order valence-electron chi connectivity index (χ3n) is 3.74. The molecule has 1 saturated heterocycles. The number of carbonyl (C=O) groups excluding carboxylic acids is 2. The quantitative estimate of drug-likeness (QED) is 0.777. The van der Waals surface area contributed by atoms with Crippen LogP contribution >= 0.6 is 0 Å². The first kappa shape index (κ1) is 14.7. The van der Waals surface area contributed by atoms with Gasteiger partial charge in [-0.1, -0.05) is 33.8 Å². The molecule has 1 heterocycles. The van der Waals surface area contributed by atoms with Crippen molar-refractivity contribution >= 4 is 11.8 Å². The standard InChI is InChI=1S/C14H24N2O2/c1-7-9-16-11(17)10(13(3,4)5)15-12(18)14(16,6)8-2/h7,10H,1,8-9H2,2-6H3,(H,15,18). The number of carbonyl (C=O) groups is 2. The van der Waals surface area contributed by atoms with Crippen LogP contribution in [0.15, 0.2) is 12.7 Å². The van der Waals surface area contributed by atoms with Crippen molar-refractivity contribution in [3.05, 3.63) is 12.7 Å². The number of piperazine rings is 1. The summed E-state index contributed by atoms with van der Waals surface area (Å²) in [7, 11) is 0. The molecule has 18 heavy (non-hydrogen) atoms. The number of hydrogen-bond acceptors (Lipinski definition) is 2. The van der Waals surface area contributed by atoms with E-state index >= 15 is 0 Å². The van der Waals surface area contributed by atoms with Crippen LogP contribution in [0.1, 0.15) is 41.0 Å². The maximum Gasteiger partial charge on any atom is 0.246 e. The van der Waals surface area contributed by atoms with E-state index in [2.05, 4.69) is 11.9 Å². The van der Waals surface area contributed by atoms with Crippen molar-refractivity contribution in [3.8, 4) is 0 Å². The summed E-state index contributed by atoms with van der Waals surface area (Å²) in [4.78, 5) is 26.5. The maximum absolute atomic E-state index is 12.5. The molecule has 0 aromatic carbocycles. The van der Waals surface area contributed by atoms with Gasteiger partial charge >= 0.3 is 0 Å². The second kappa shape index (κ2) is 4.75. The summed E-state index contributed by atoms with van der Waals surface area (Å²) < 4.78 is 0. The van der Waals surface area contributed by atoms with Gasteiger partial charge in [0, 0.05) is 6.54 Å². The Kier molecular flexibility index (Phi) is 3.89. The Balaban J connectivity index is 3.17. The van der Waals surface area contributed by atoms with Crippen molar-refractivity contribution in [2.75, 3.05) is 6.54 Å². The minimum Gasteiger partial charge on any atom is -0.342 e. The Hall–Kier alpha value is -1.32. The lowest BCUT2D eigenvalue weighted by atomic mass is 9.80. The molecule has 0 bridgehead atoms. The monoisotopic (exact) mass is 252 g/mol. The average molecular weight is 252 g/mol. The zero-order valence-electron chi connectivity index (χ0n) is 12.0. The average Bonchev–Trinajstić information content (AvgIpc) is 2.27. The topological polar surface area (TPSA) is 49.4 Å². The van der Waals surface area contributed by atoms with E-state index in [9.17, 15) is 9.59 Å². The largest absolute Gasteiger partial charge is 0.342 e. The molecule has 2 atom stereocenters. The molecular formula is C14H24N2O2. The van der Waals surface area contributed by atoms with E-state index in [0.717, 1.165) is 0 Å². The van der Waals surface area contributed by atoms with Gasteiger partial charge in [-0.2, -0.15) is 0 Å². The van der Waals surface area contributed by atoms with E-state index in [-0.39, 0.29) is 17.2 Å². The van der Waals surface area contributed by atoms with E-state index in [1.165, 1.54) is 0 Å². The zero-order chi connectivity index (χ0) is 14.1. The van der Waals surface area contributed by atoms with Crippen molar-refractivity contribution < 1.29 is 9.59 Å². The van der Waals surface area contributed by atoms with Gasteiger partial charge in [0.2, 0.25) is 11.8 Å². The highest BCUT2D eigenvalue weighted by Gasteiger charge is 2.50. The van der Waals surface area contributed by atoms with Crippen LogP contribution in [0.25, 0.3) is 0 Å². The lowest BCUT2D eigenvalue weighted by Gasteiger charge is -2.48. The van der Waals surface area contributed by atoms with E-state index in [1.807, 2.05) is 34.6 Å². The van der Waals surface area contributed by atoms with Crippen molar-refractivity contribution in [2.45, 2.75) is 52.6 Å². The minimum absolute atomic E-state index is 0.0219. The molecule has 1 rings (SSSR count). The van der Waals surface area contributed by atoms with E-state index in [4.69, 9.17) is 0 Å². The van der Waals surface area contributed by atoms with Gasteiger partial charge in [-0.15, -0.1) is 6.58 Å². The first-order valence-corrected chi connectivity index (χ1v) is 6.41. The van der Waals surface area contributed by atoms with Crippen LogP contribution < -0.4 is 5.32 Å². The molecule has 0 aromatic rings. The van der Waals surface area contributed by atoms with E-state index < -0.39 is 11.6 Å². The molecule has 1 N–H and O–H groups in total. The van der Waals surface area contributed by atoms with Gasteiger partial charge in [0.1, 0.15) is 11.6 Å². The fraction of sp³-hybridized carbons (Fsp3) is 0.714. The highest BCUT2D eigenvalue weighted by atomic mass is 16.2. The van der Waals surface area contributed by atoms with Gasteiger partial charge in [-0.25, -0.2) is 0 Å². The number of amides is 2. The molecule has 1 fully saturated rings. The van der Waals surface area contributed by atoms with Crippen molar-refractivity contribution in [1.82, 2.24) is 10.2 Å². The second-order valence-electron chi connectivity index (χ2n) is 6.14. The van der Waals surface area contributed by atoms with Crippen LogP contribution in [0.5, 0.6) is 0 Å². The summed E-state index contributed by atoms with van der Waals surface area (Å²) in [5, 5.41) is 2.87. The maximum atomic E-state index is 12.5. The first-order valence-electron chi connectivity index (χ1n) is 6.41.